The Balaban J connectivity index is 1.51. The highest BCUT2D eigenvalue weighted by Gasteiger charge is 2.07. The molecule has 0 saturated carbocycles. The molecule has 0 atom stereocenters. The van der Waals surface area contributed by atoms with Crippen LogP contribution in [0.2, 0.25) is 0 Å². The van der Waals surface area contributed by atoms with Crippen molar-refractivity contribution in [2.24, 2.45) is 0 Å². The minimum Gasteiger partial charge on any atom is -0.298 e. The lowest BCUT2D eigenvalue weighted by Crippen LogP contribution is -2.34. The van der Waals surface area contributed by atoms with Crippen molar-refractivity contribution in [1.29, 1.82) is 0 Å². The summed E-state index contributed by atoms with van der Waals surface area (Å²) in [5.74, 6) is 0. The van der Waals surface area contributed by atoms with Crippen LogP contribution in [0.25, 0.3) is 0 Å². The fraction of sp³-hybridized carbons (Fsp3) is 0.667. The number of hydrogen-bond acceptors (Lipinski definition) is 10. The molecule has 0 aliphatic carbocycles. The second-order valence-corrected chi connectivity index (χ2v) is 4.56. The van der Waals surface area contributed by atoms with Crippen molar-refractivity contribution in [3.05, 3.63) is 19.0 Å². The Labute approximate surface area is 124 Å². The standard InChI is InChI=1S/C9H15N13/c1(4-20-7-10-13-16-20)19(2-5-21-8-11-14-17-21)3-6-22-9-12-15-18-22/h7-9H,1-6H2. The lowest BCUT2D eigenvalue weighted by atomic mass is 10.4. The van der Waals surface area contributed by atoms with Crippen molar-refractivity contribution < 1.29 is 0 Å². The van der Waals surface area contributed by atoms with Gasteiger partial charge in [-0.3, -0.25) is 4.90 Å². The molecule has 0 aliphatic heterocycles. The summed E-state index contributed by atoms with van der Waals surface area (Å²) in [7, 11) is 0. The van der Waals surface area contributed by atoms with Crippen LogP contribution in [0, 0.1) is 0 Å². The van der Waals surface area contributed by atoms with Gasteiger partial charge < -0.3 is 0 Å². The highest BCUT2D eigenvalue weighted by Crippen LogP contribution is 1.94. The second kappa shape index (κ2) is 7.26. The molecule has 0 aliphatic rings. The SMILES string of the molecule is c1nnnn1CCN(CCn1cnnn1)CCn1cnnn1. The maximum atomic E-state index is 3.86. The van der Waals surface area contributed by atoms with Gasteiger partial charge in [0.25, 0.3) is 0 Å². The molecule has 3 aromatic heterocycles. The maximum absolute atomic E-state index is 3.86. The Morgan fingerprint density at radius 3 is 1.23 bits per heavy atom. The number of tetrazole rings is 3. The molecule has 0 unspecified atom stereocenters. The molecular weight excluding hydrogens is 290 g/mol. The Bertz CT molecular complexity index is 524. The van der Waals surface area contributed by atoms with Gasteiger partial charge in [-0.2, -0.15) is 0 Å². The average molecular weight is 305 g/mol. The van der Waals surface area contributed by atoms with E-state index in [4.69, 9.17) is 0 Å². The van der Waals surface area contributed by atoms with Gasteiger partial charge in [-0.15, -0.1) is 15.3 Å². The number of rotatable bonds is 9. The maximum Gasteiger partial charge on any atom is 0.138 e. The molecule has 0 radical (unpaired) electrons. The van der Waals surface area contributed by atoms with Crippen LogP contribution < -0.4 is 0 Å². The first-order chi connectivity index (χ1) is 10.9. The van der Waals surface area contributed by atoms with Crippen LogP contribution >= 0.6 is 0 Å². The molecule has 13 nitrogen and oxygen atoms in total. The number of hydrogen-bond donors (Lipinski definition) is 0. The zero-order valence-corrected chi connectivity index (χ0v) is 11.8. The van der Waals surface area contributed by atoms with Crippen molar-refractivity contribution in [1.82, 2.24) is 65.5 Å². The summed E-state index contributed by atoms with van der Waals surface area (Å²) in [5.41, 5.74) is 0. The van der Waals surface area contributed by atoms with E-state index in [0.717, 1.165) is 19.6 Å². The predicted octanol–water partition coefficient (Wildman–Crippen LogP) is -2.65. The molecule has 116 valence electrons. The smallest absolute Gasteiger partial charge is 0.138 e. The highest BCUT2D eigenvalue weighted by atomic mass is 15.5. The summed E-state index contributed by atoms with van der Waals surface area (Å²) in [6.07, 6.45) is 4.79. The van der Waals surface area contributed by atoms with Crippen LogP contribution in [0.1, 0.15) is 0 Å². The van der Waals surface area contributed by atoms with Gasteiger partial charge in [0.15, 0.2) is 0 Å². The second-order valence-electron chi connectivity index (χ2n) is 4.56. The third-order valence-corrected chi connectivity index (χ3v) is 3.11. The minimum atomic E-state index is 0.707. The van der Waals surface area contributed by atoms with Gasteiger partial charge in [-0.1, -0.05) is 0 Å². The summed E-state index contributed by atoms with van der Waals surface area (Å²) < 4.78 is 5.09. The summed E-state index contributed by atoms with van der Waals surface area (Å²) >= 11 is 0. The Hall–Kier alpha value is -2.83. The van der Waals surface area contributed by atoms with Crippen molar-refractivity contribution in [3.63, 3.8) is 0 Å². The lowest BCUT2D eigenvalue weighted by Gasteiger charge is -2.21. The molecule has 0 fully saturated rings. The quantitative estimate of drug-likeness (QED) is 0.412. The van der Waals surface area contributed by atoms with Crippen molar-refractivity contribution >= 4 is 0 Å². The first-order valence-corrected chi connectivity index (χ1v) is 6.75. The largest absolute Gasteiger partial charge is 0.298 e. The van der Waals surface area contributed by atoms with Gasteiger partial charge in [0, 0.05) is 19.6 Å². The van der Waals surface area contributed by atoms with E-state index in [9.17, 15) is 0 Å². The van der Waals surface area contributed by atoms with E-state index in [1.54, 1.807) is 33.0 Å². The van der Waals surface area contributed by atoms with Gasteiger partial charge in [-0.05, 0) is 31.3 Å². The first kappa shape index (κ1) is 14.1. The van der Waals surface area contributed by atoms with Crippen molar-refractivity contribution in [3.8, 4) is 0 Å². The van der Waals surface area contributed by atoms with E-state index in [1.807, 2.05) is 0 Å². The third-order valence-electron chi connectivity index (χ3n) is 3.11. The van der Waals surface area contributed by atoms with Crippen LogP contribution in [0.5, 0.6) is 0 Å². The van der Waals surface area contributed by atoms with E-state index in [2.05, 4.69) is 51.5 Å². The first-order valence-electron chi connectivity index (χ1n) is 6.75. The molecule has 22 heavy (non-hydrogen) atoms. The number of nitrogens with zero attached hydrogens (tertiary/aromatic N) is 13. The van der Waals surface area contributed by atoms with Gasteiger partial charge in [0.1, 0.15) is 19.0 Å². The van der Waals surface area contributed by atoms with Crippen LogP contribution in [-0.2, 0) is 19.6 Å². The summed E-state index contributed by atoms with van der Waals surface area (Å²) in [6.45, 7) is 4.52. The molecule has 3 heterocycles. The summed E-state index contributed by atoms with van der Waals surface area (Å²) in [4.78, 5) is 2.26. The van der Waals surface area contributed by atoms with Gasteiger partial charge in [0.2, 0.25) is 0 Å². The Morgan fingerprint density at radius 1 is 0.591 bits per heavy atom. The molecule has 3 aromatic rings. The Morgan fingerprint density at radius 2 is 0.955 bits per heavy atom. The average Bonchev–Trinajstić information content (AvgIpc) is 3.29. The molecule has 0 spiro atoms. The molecular formula is C9H15N13. The van der Waals surface area contributed by atoms with Gasteiger partial charge >= 0.3 is 0 Å². The van der Waals surface area contributed by atoms with E-state index in [1.165, 1.54) is 0 Å². The summed E-state index contributed by atoms with van der Waals surface area (Å²) in [5, 5.41) is 33.3. The molecule has 0 aromatic carbocycles. The molecule has 0 N–H and O–H groups in total. The zero-order valence-electron chi connectivity index (χ0n) is 11.8. The predicted molar refractivity (Wildman–Crippen MR) is 69.9 cm³/mol. The van der Waals surface area contributed by atoms with E-state index < -0.39 is 0 Å². The molecule has 0 amide bonds. The van der Waals surface area contributed by atoms with E-state index >= 15 is 0 Å². The fourth-order valence-electron chi connectivity index (χ4n) is 1.92. The van der Waals surface area contributed by atoms with Crippen molar-refractivity contribution in [2.45, 2.75) is 19.6 Å². The molecule has 13 heteroatoms. The van der Waals surface area contributed by atoms with Gasteiger partial charge in [-0.25, -0.2) is 14.0 Å². The molecule has 3 rings (SSSR count). The van der Waals surface area contributed by atoms with E-state index in [-0.39, 0.29) is 0 Å². The minimum absolute atomic E-state index is 0.707. The van der Waals surface area contributed by atoms with Crippen LogP contribution in [-0.4, -0.2) is 85.2 Å². The fourth-order valence-corrected chi connectivity index (χ4v) is 1.92. The lowest BCUT2D eigenvalue weighted by molar-refractivity contribution is 0.231. The number of aromatic nitrogens is 12. The zero-order chi connectivity index (χ0) is 15.0. The van der Waals surface area contributed by atoms with Crippen LogP contribution in [0.4, 0.5) is 0 Å². The summed E-state index contributed by atoms with van der Waals surface area (Å²) in [6, 6.07) is 0. The monoisotopic (exact) mass is 305 g/mol. The third kappa shape index (κ3) is 4.08. The highest BCUT2D eigenvalue weighted by molar-refractivity contribution is 4.61. The topological polar surface area (TPSA) is 134 Å². The van der Waals surface area contributed by atoms with Gasteiger partial charge in [0.05, 0.1) is 19.6 Å². The van der Waals surface area contributed by atoms with E-state index in [0.29, 0.717) is 19.6 Å². The Kier molecular flexibility index (Phi) is 4.66. The van der Waals surface area contributed by atoms with Crippen molar-refractivity contribution in [2.75, 3.05) is 19.6 Å². The van der Waals surface area contributed by atoms with Crippen LogP contribution in [0.3, 0.4) is 0 Å². The normalized spacial score (nSPS) is 11.3. The van der Waals surface area contributed by atoms with Crippen LogP contribution in [0.15, 0.2) is 19.0 Å². The molecule has 0 bridgehead atoms. The molecule has 0 saturated heterocycles.